The van der Waals surface area contributed by atoms with Gasteiger partial charge in [-0.25, -0.2) is 0 Å². The van der Waals surface area contributed by atoms with Gasteiger partial charge < -0.3 is 10.5 Å². The van der Waals surface area contributed by atoms with Crippen molar-refractivity contribution < 1.29 is 9.59 Å². The average Bonchev–Trinajstić information content (AvgIpc) is 2.52. The molecule has 0 aliphatic heterocycles. The molecular formula is C18H19NO2. The van der Waals surface area contributed by atoms with Crippen LogP contribution >= 0.6 is 0 Å². The summed E-state index contributed by atoms with van der Waals surface area (Å²) >= 11 is 0. The molecule has 0 aromatic heterocycles. The number of anilines is 1. The molecule has 0 fully saturated rings. The normalized spacial score (nSPS) is 11.8. The van der Waals surface area contributed by atoms with Crippen LogP contribution in [0.25, 0.3) is 0 Å². The van der Waals surface area contributed by atoms with Crippen molar-refractivity contribution in [2.45, 2.75) is 25.2 Å². The van der Waals surface area contributed by atoms with Gasteiger partial charge in [0.2, 0.25) is 0 Å². The van der Waals surface area contributed by atoms with Gasteiger partial charge in [0.25, 0.3) is 0 Å². The highest BCUT2D eigenvalue weighted by Crippen LogP contribution is 2.22. The first-order valence-corrected chi connectivity index (χ1v) is 7.06. The smallest absolute Gasteiger partial charge is 0.141 e. The molecule has 0 aliphatic carbocycles. The van der Waals surface area contributed by atoms with Gasteiger partial charge in [0.05, 0.1) is 0 Å². The summed E-state index contributed by atoms with van der Waals surface area (Å²) in [5, 5.41) is 0. The Morgan fingerprint density at radius 2 is 1.71 bits per heavy atom. The predicted octanol–water partition coefficient (Wildman–Crippen LogP) is 3.14. The van der Waals surface area contributed by atoms with Gasteiger partial charge in [-0.3, -0.25) is 4.79 Å². The lowest BCUT2D eigenvalue weighted by atomic mass is 9.89. The molecule has 3 nitrogen and oxygen atoms in total. The van der Waals surface area contributed by atoms with Crippen LogP contribution in [0.1, 0.15) is 29.9 Å². The molecule has 0 spiro atoms. The maximum absolute atomic E-state index is 12.4. The van der Waals surface area contributed by atoms with Crippen LogP contribution in [0.2, 0.25) is 0 Å². The zero-order valence-electron chi connectivity index (χ0n) is 11.9. The first kappa shape index (κ1) is 15.0. The zero-order chi connectivity index (χ0) is 15.1. The minimum Gasteiger partial charge on any atom is -0.399 e. The number of Topliss-reactive ketones (excluding diaryl/α,β-unsaturated/α-hetero) is 1. The number of aldehydes is 1. The molecule has 0 aliphatic rings. The maximum Gasteiger partial charge on any atom is 0.141 e. The summed E-state index contributed by atoms with van der Waals surface area (Å²) in [6.07, 6.45) is 2.15. The van der Waals surface area contributed by atoms with Gasteiger partial charge in [0, 0.05) is 24.4 Å². The third-order valence-corrected chi connectivity index (χ3v) is 3.56. The minimum atomic E-state index is -0.336. The largest absolute Gasteiger partial charge is 0.399 e. The summed E-state index contributed by atoms with van der Waals surface area (Å²) in [6, 6.07) is 17.0. The van der Waals surface area contributed by atoms with E-state index in [0.717, 1.165) is 17.4 Å². The van der Waals surface area contributed by atoms with Crippen molar-refractivity contribution in [2.24, 2.45) is 0 Å². The Bertz CT molecular complexity index is 590. The van der Waals surface area contributed by atoms with Crippen LogP contribution in [0, 0.1) is 0 Å². The van der Waals surface area contributed by atoms with E-state index in [-0.39, 0.29) is 18.1 Å². The Morgan fingerprint density at radius 3 is 2.33 bits per heavy atom. The van der Waals surface area contributed by atoms with Crippen molar-refractivity contribution >= 4 is 17.8 Å². The highest BCUT2D eigenvalue weighted by molar-refractivity contribution is 5.88. The average molecular weight is 281 g/mol. The molecular weight excluding hydrogens is 262 g/mol. The number of hydrogen-bond donors (Lipinski definition) is 1. The van der Waals surface area contributed by atoms with E-state index in [1.807, 2.05) is 54.6 Å². The van der Waals surface area contributed by atoms with Crippen molar-refractivity contribution in [1.82, 2.24) is 0 Å². The van der Waals surface area contributed by atoms with E-state index in [1.165, 1.54) is 0 Å². The molecule has 2 rings (SSSR count). The SMILES string of the molecule is Nc1ccc(CCC(=O)C(CC=O)c2ccccc2)cc1. The number of hydrogen-bond acceptors (Lipinski definition) is 3. The van der Waals surface area contributed by atoms with Crippen LogP contribution in [0.4, 0.5) is 5.69 Å². The van der Waals surface area contributed by atoms with Gasteiger partial charge in [-0.2, -0.15) is 0 Å². The van der Waals surface area contributed by atoms with Crippen LogP contribution in [0.15, 0.2) is 54.6 Å². The summed E-state index contributed by atoms with van der Waals surface area (Å²) in [5.41, 5.74) is 8.34. The lowest BCUT2D eigenvalue weighted by molar-refractivity contribution is -0.122. The Balaban J connectivity index is 2.02. The Kier molecular flexibility index (Phi) is 5.27. The van der Waals surface area contributed by atoms with E-state index in [2.05, 4.69) is 0 Å². The molecule has 0 saturated heterocycles. The van der Waals surface area contributed by atoms with Crippen molar-refractivity contribution in [3.8, 4) is 0 Å². The number of carbonyl (C=O) groups is 2. The van der Waals surface area contributed by atoms with Gasteiger partial charge in [0.15, 0.2) is 0 Å². The second kappa shape index (κ2) is 7.39. The summed E-state index contributed by atoms with van der Waals surface area (Å²) in [4.78, 5) is 23.2. The second-order valence-corrected chi connectivity index (χ2v) is 5.07. The number of aryl methyl sites for hydroxylation is 1. The fraction of sp³-hybridized carbons (Fsp3) is 0.222. The van der Waals surface area contributed by atoms with Crippen molar-refractivity contribution in [2.75, 3.05) is 5.73 Å². The summed E-state index contributed by atoms with van der Waals surface area (Å²) < 4.78 is 0. The fourth-order valence-electron chi connectivity index (χ4n) is 2.36. The van der Waals surface area contributed by atoms with E-state index in [9.17, 15) is 9.59 Å². The van der Waals surface area contributed by atoms with Gasteiger partial charge in [-0.1, -0.05) is 42.5 Å². The van der Waals surface area contributed by atoms with Gasteiger partial charge in [-0.15, -0.1) is 0 Å². The van der Waals surface area contributed by atoms with E-state index in [1.54, 1.807) is 0 Å². The monoisotopic (exact) mass is 281 g/mol. The Morgan fingerprint density at radius 1 is 1.05 bits per heavy atom. The zero-order valence-corrected chi connectivity index (χ0v) is 11.9. The molecule has 2 aromatic rings. The number of nitrogen functional groups attached to an aromatic ring is 1. The third kappa shape index (κ3) is 4.28. The van der Waals surface area contributed by atoms with E-state index < -0.39 is 0 Å². The molecule has 3 heteroatoms. The van der Waals surface area contributed by atoms with Crippen molar-refractivity contribution in [1.29, 1.82) is 0 Å². The molecule has 0 radical (unpaired) electrons. The number of benzene rings is 2. The molecule has 108 valence electrons. The molecule has 2 aromatic carbocycles. The third-order valence-electron chi connectivity index (χ3n) is 3.56. The molecule has 0 heterocycles. The number of ketones is 1. The number of carbonyl (C=O) groups excluding carboxylic acids is 2. The fourth-order valence-corrected chi connectivity index (χ4v) is 2.36. The van der Waals surface area contributed by atoms with E-state index in [0.29, 0.717) is 18.5 Å². The van der Waals surface area contributed by atoms with Crippen LogP contribution in [0.5, 0.6) is 0 Å². The quantitative estimate of drug-likeness (QED) is 0.626. The van der Waals surface area contributed by atoms with Crippen molar-refractivity contribution in [3.05, 3.63) is 65.7 Å². The molecule has 21 heavy (non-hydrogen) atoms. The Hall–Kier alpha value is -2.42. The summed E-state index contributed by atoms with van der Waals surface area (Å²) in [7, 11) is 0. The molecule has 2 N–H and O–H groups in total. The first-order valence-electron chi connectivity index (χ1n) is 7.06. The number of nitrogens with two attached hydrogens (primary N) is 1. The van der Waals surface area contributed by atoms with Crippen LogP contribution in [-0.4, -0.2) is 12.1 Å². The van der Waals surface area contributed by atoms with Crippen LogP contribution in [-0.2, 0) is 16.0 Å². The first-order chi connectivity index (χ1) is 10.2. The second-order valence-electron chi connectivity index (χ2n) is 5.07. The molecule has 0 amide bonds. The number of rotatable bonds is 7. The van der Waals surface area contributed by atoms with Gasteiger partial charge >= 0.3 is 0 Å². The Labute approximate surface area is 124 Å². The highest BCUT2D eigenvalue weighted by Gasteiger charge is 2.19. The van der Waals surface area contributed by atoms with Gasteiger partial charge in [-0.05, 0) is 29.7 Å². The standard InChI is InChI=1S/C18H19NO2/c19-16-9-6-14(7-10-16)8-11-18(21)17(12-13-20)15-4-2-1-3-5-15/h1-7,9-10,13,17H,8,11-12,19H2. The maximum atomic E-state index is 12.4. The van der Waals surface area contributed by atoms with Gasteiger partial charge in [0.1, 0.15) is 12.1 Å². The lowest BCUT2D eigenvalue weighted by Gasteiger charge is -2.13. The lowest BCUT2D eigenvalue weighted by Crippen LogP contribution is -2.14. The van der Waals surface area contributed by atoms with Crippen molar-refractivity contribution in [3.63, 3.8) is 0 Å². The molecule has 0 saturated carbocycles. The van der Waals surface area contributed by atoms with Crippen LogP contribution < -0.4 is 5.73 Å². The van der Waals surface area contributed by atoms with E-state index >= 15 is 0 Å². The summed E-state index contributed by atoms with van der Waals surface area (Å²) in [5.74, 6) is -0.234. The molecule has 0 bridgehead atoms. The topological polar surface area (TPSA) is 60.2 Å². The predicted molar refractivity (Wildman–Crippen MR) is 84.0 cm³/mol. The van der Waals surface area contributed by atoms with Crippen LogP contribution in [0.3, 0.4) is 0 Å². The van der Waals surface area contributed by atoms with E-state index in [4.69, 9.17) is 5.73 Å². The molecule has 1 atom stereocenters. The highest BCUT2D eigenvalue weighted by atomic mass is 16.1. The minimum absolute atomic E-state index is 0.102. The molecule has 1 unspecified atom stereocenters. The summed E-state index contributed by atoms with van der Waals surface area (Å²) in [6.45, 7) is 0.